The first-order valence-electron chi connectivity index (χ1n) is 6.82. The molecule has 4 nitrogen and oxygen atoms in total. The molecule has 1 saturated carbocycles. The summed E-state index contributed by atoms with van der Waals surface area (Å²) in [4.78, 5) is 16.1. The number of hydrogen-bond donors (Lipinski definition) is 1. The van der Waals surface area contributed by atoms with Crippen molar-refractivity contribution >= 4 is 5.91 Å². The van der Waals surface area contributed by atoms with Gasteiger partial charge in [0.05, 0.1) is 6.54 Å². The maximum Gasteiger partial charge on any atom is 0.237 e. The Bertz CT molecular complexity index is 299. The third-order valence-electron chi connectivity index (χ3n) is 3.55. The lowest BCUT2D eigenvalue weighted by Gasteiger charge is -2.29. The zero-order valence-corrected chi connectivity index (χ0v) is 12.0. The molecule has 4 heteroatoms. The minimum absolute atomic E-state index is 0.169. The molecule has 1 atom stereocenters. The summed E-state index contributed by atoms with van der Waals surface area (Å²) in [6, 6.07) is 0.359. The van der Waals surface area contributed by atoms with Gasteiger partial charge in [0.25, 0.3) is 0 Å². The molecule has 0 heterocycles. The Morgan fingerprint density at radius 1 is 1.44 bits per heavy atom. The van der Waals surface area contributed by atoms with Crippen molar-refractivity contribution in [3.05, 3.63) is 12.2 Å². The van der Waals surface area contributed by atoms with Crippen LogP contribution in [0.2, 0.25) is 0 Å². The van der Waals surface area contributed by atoms with Crippen molar-refractivity contribution in [2.75, 3.05) is 33.2 Å². The van der Waals surface area contributed by atoms with Crippen molar-refractivity contribution in [3.8, 4) is 0 Å². The summed E-state index contributed by atoms with van der Waals surface area (Å²) in [5, 5.41) is 0. The Kier molecular flexibility index (Phi) is 5.82. The van der Waals surface area contributed by atoms with E-state index in [0.717, 1.165) is 12.1 Å². The molecule has 18 heavy (non-hydrogen) atoms. The maximum atomic E-state index is 12.2. The van der Waals surface area contributed by atoms with Crippen LogP contribution in [0.5, 0.6) is 0 Å². The quantitative estimate of drug-likeness (QED) is 0.659. The SMILES string of the molecule is C=C(C)CN(CC)C(=O)CN(C)C(CN)C1CC1. The van der Waals surface area contributed by atoms with Crippen molar-refractivity contribution < 1.29 is 4.79 Å². The number of carbonyl (C=O) groups is 1. The summed E-state index contributed by atoms with van der Waals surface area (Å²) in [5.74, 6) is 0.867. The van der Waals surface area contributed by atoms with Gasteiger partial charge in [0.15, 0.2) is 0 Å². The molecule has 0 aromatic heterocycles. The number of nitrogens with two attached hydrogens (primary N) is 1. The second-order valence-electron chi connectivity index (χ2n) is 5.42. The lowest BCUT2D eigenvalue weighted by atomic mass is 10.1. The predicted molar refractivity (Wildman–Crippen MR) is 75.3 cm³/mol. The average molecular weight is 253 g/mol. The third-order valence-corrected chi connectivity index (χ3v) is 3.55. The average Bonchev–Trinajstić information content (AvgIpc) is 3.10. The summed E-state index contributed by atoms with van der Waals surface area (Å²) in [5.41, 5.74) is 6.82. The Hall–Kier alpha value is -0.870. The maximum absolute atomic E-state index is 12.2. The van der Waals surface area contributed by atoms with Gasteiger partial charge in [0.1, 0.15) is 0 Å². The number of likely N-dealkylation sites (N-methyl/N-ethyl adjacent to an activating group) is 2. The van der Waals surface area contributed by atoms with Gasteiger partial charge < -0.3 is 10.6 Å². The number of nitrogens with zero attached hydrogens (tertiary/aromatic N) is 2. The van der Waals surface area contributed by atoms with Crippen LogP contribution in [0.15, 0.2) is 12.2 Å². The number of carbonyl (C=O) groups excluding carboxylic acids is 1. The van der Waals surface area contributed by atoms with Gasteiger partial charge in [-0.05, 0) is 39.7 Å². The van der Waals surface area contributed by atoms with Crippen LogP contribution in [0.1, 0.15) is 26.7 Å². The van der Waals surface area contributed by atoms with E-state index in [2.05, 4.69) is 11.5 Å². The van der Waals surface area contributed by atoms with Crippen LogP contribution in [0.4, 0.5) is 0 Å². The molecule has 0 radical (unpaired) electrons. The van der Waals surface area contributed by atoms with Crippen molar-refractivity contribution in [2.24, 2.45) is 11.7 Å². The van der Waals surface area contributed by atoms with Crippen LogP contribution in [0.3, 0.4) is 0 Å². The zero-order valence-electron chi connectivity index (χ0n) is 12.0. The predicted octanol–water partition coefficient (Wildman–Crippen LogP) is 1.08. The van der Waals surface area contributed by atoms with Gasteiger partial charge in [-0.3, -0.25) is 9.69 Å². The fraction of sp³-hybridized carbons (Fsp3) is 0.786. The van der Waals surface area contributed by atoms with E-state index in [1.165, 1.54) is 12.8 Å². The molecule has 1 aliphatic carbocycles. The summed E-state index contributed by atoms with van der Waals surface area (Å²) >= 11 is 0. The molecular weight excluding hydrogens is 226 g/mol. The van der Waals surface area contributed by atoms with Gasteiger partial charge in [-0.25, -0.2) is 0 Å². The van der Waals surface area contributed by atoms with Crippen LogP contribution in [-0.2, 0) is 4.79 Å². The molecule has 1 aliphatic rings. The van der Waals surface area contributed by atoms with Crippen molar-refractivity contribution in [1.82, 2.24) is 9.80 Å². The van der Waals surface area contributed by atoms with Gasteiger partial charge in [0, 0.05) is 25.7 Å². The highest BCUT2D eigenvalue weighted by molar-refractivity contribution is 5.78. The molecule has 0 aromatic rings. The Morgan fingerprint density at radius 3 is 2.44 bits per heavy atom. The largest absolute Gasteiger partial charge is 0.338 e. The van der Waals surface area contributed by atoms with E-state index in [4.69, 9.17) is 5.73 Å². The molecule has 2 N–H and O–H groups in total. The van der Waals surface area contributed by atoms with Gasteiger partial charge in [-0.15, -0.1) is 0 Å². The first kappa shape index (κ1) is 15.2. The molecule has 1 rings (SSSR count). The van der Waals surface area contributed by atoms with Crippen LogP contribution in [0.25, 0.3) is 0 Å². The van der Waals surface area contributed by atoms with Gasteiger partial charge >= 0.3 is 0 Å². The van der Waals surface area contributed by atoms with Gasteiger partial charge in [0.2, 0.25) is 5.91 Å². The smallest absolute Gasteiger partial charge is 0.237 e. The standard InChI is InChI=1S/C14H27N3O/c1-5-17(9-11(2)3)14(18)10-16(4)13(8-15)12-6-7-12/h12-13H,2,5-10,15H2,1,3-4H3. The zero-order chi connectivity index (χ0) is 13.7. The molecule has 0 spiro atoms. The van der Waals surface area contributed by atoms with Crippen LogP contribution >= 0.6 is 0 Å². The minimum Gasteiger partial charge on any atom is -0.338 e. The van der Waals surface area contributed by atoms with E-state index >= 15 is 0 Å². The molecule has 0 saturated heterocycles. The molecule has 0 aliphatic heterocycles. The Labute approximate surface area is 111 Å². The monoisotopic (exact) mass is 253 g/mol. The topological polar surface area (TPSA) is 49.6 Å². The minimum atomic E-state index is 0.169. The lowest BCUT2D eigenvalue weighted by Crippen LogP contribution is -2.46. The van der Waals surface area contributed by atoms with E-state index in [1.54, 1.807) is 0 Å². The first-order valence-corrected chi connectivity index (χ1v) is 6.82. The molecule has 104 valence electrons. The third kappa shape index (κ3) is 4.42. The molecular formula is C14H27N3O. The fourth-order valence-electron chi connectivity index (χ4n) is 2.35. The first-order chi connectivity index (χ1) is 8.49. The van der Waals surface area contributed by atoms with Crippen molar-refractivity contribution in [3.63, 3.8) is 0 Å². The molecule has 1 unspecified atom stereocenters. The second-order valence-corrected chi connectivity index (χ2v) is 5.42. The molecule has 1 amide bonds. The van der Waals surface area contributed by atoms with Crippen LogP contribution in [-0.4, -0.2) is 55.0 Å². The molecule has 1 fully saturated rings. The second kappa shape index (κ2) is 6.90. The number of amides is 1. The highest BCUT2D eigenvalue weighted by atomic mass is 16.2. The van der Waals surface area contributed by atoms with Crippen molar-refractivity contribution in [2.45, 2.75) is 32.7 Å². The van der Waals surface area contributed by atoms with E-state index in [1.807, 2.05) is 25.8 Å². The molecule has 0 aromatic carbocycles. The van der Waals surface area contributed by atoms with Gasteiger partial charge in [-0.2, -0.15) is 0 Å². The van der Waals surface area contributed by atoms with E-state index in [9.17, 15) is 4.79 Å². The summed E-state index contributed by atoms with van der Waals surface area (Å²) in [6.45, 7) is 10.3. The highest BCUT2D eigenvalue weighted by Crippen LogP contribution is 2.34. The summed E-state index contributed by atoms with van der Waals surface area (Å²) in [6.07, 6.45) is 2.51. The summed E-state index contributed by atoms with van der Waals surface area (Å²) < 4.78 is 0. The lowest BCUT2D eigenvalue weighted by molar-refractivity contribution is -0.132. The van der Waals surface area contributed by atoms with E-state index in [0.29, 0.717) is 31.6 Å². The number of hydrogen-bond acceptors (Lipinski definition) is 3. The van der Waals surface area contributed by atoms with Crippen molar-refractivity contribution in [1.29, 1.82) is 0 Å². The summed E-state index contributed by atoms with van der Waals surface area (Å²) in [7, 11) is 2.00. The number of rotatable bonds is 8. The highest BCUT2D eigenvalue weighted by Gasteiger charge is 2.33. The van der Waals surface area contributed by atoms with E-state index < -0.39 is 0 Å². The van der Waals surface area contributed by atoms with Crippen LogP contribution in [0, 0.1) is 5.92 Å². The van der Waals surface area contributed by atoms with Crippen LogP contribution < -0.4 is 5.73 Å². The fourth-order valence-corrected chi connectivity index (χ4v) is 2.35. The molecule has 0 bridgehead atoms. The van der Waals surface area contributed by atoms with Gasteiger partial charge in [-0.1, -0.05) is 12.2 Å². The van der Waals surface area contributed by atoms with E-state index in [-0.39, 0.29) is 5.91 Å². The Morgan fingerprint density at radius 2 is 2.06 bits per heavy atom. The normalized spacial score (nSPS) is 16.7. The Balaban J connectivity index is 2.48.